The van der Waals surface area contributed by atoms with Gasteiger partial charge >= 0.3 is 5.97 Å². The Bertz CT molecular complexity index is 1550. The molecule has 0 radical (unpaired) electrons. The zero-order valence-corrected chi connectivity index (χ0v) is 26.9. The zero-order valence-electron chi connectivity index (χ0n) is 24.6. The molecule has 0 unspecified atom stereocenters. The number of amides is 1. The minimum Gasteiger partial charge on any atom is -0.504 e. The summed E-state index contributed by atoms with van der Waals surface area (Å²) in [5, 5.41) is 31.6. The van der Waals surface area contributed by atoms with E-state index in [4.69, 9.17) is 23.2 Å². The third kappa shape index (κ3) is 5.95. The molecule has 0 aliphatic carbocycles. The number of carboxylic acid groups (broad SMARTS) is 1. The molecule has 3 aromatic carbocycles. The van der Waals surface area contributed by atoms with E-state index in [2.05, 4.69) is 18.2 Å². The summed E-state index contributed by atoms with van der Waals surface area (Å²) in [7, 11) is 0. The fourth-order valence-corrected chi connectivity index (χ4v) is 8.30. The SMILES string of the molecule is C[C@@H](CCN1Sc2c(ccc(O)c2O)C1(C)C)N1C(=O)[C@@](C)(CC(=O)O)C[C@H](c2cccc(Cl)c2)[C@H]1c1ccc(Cl)cc1. The number of nitrogens with zero attached hydrogens (tertiary/aromatic N) is 2. The summed E-state index contributed by atoms with van der Waals surface area (Å²) in [6.45, 7) is 8.46. The van der Waals surface area contributed by atoms with Crippen LogP contribution in [-0.4, -0.2) is 49.0 Å². The maximum absolute atomic E-state index is 14.4. The maximum atomic E-state index is 14.4. The van der Waals surface area contributed by atoms with Crippen molar-refractivity contribution in [2.75, 3.05) is 6.54 Å². The highest BCUT2D eigenvalue weighted by molar-refractivity contribution is 7.97. The molecule has 3 aromatic rings. The van der Waals surface area contributed by atoms with Crippen molar-refractivity contribution in [2.45, 2.75) is 75.4 Å². The largest absolute Gasteiger partial charge is 0.504 e. The minimum atomic E-state index is -1.13. The summed E-state index contributed by atoms with van der Waals surface area (Å²) >= 11 is 14.1. The predicted octanol–water partition coefficient (Wildman–Crippen LogP) is 7.98. The van der Waals surface area contributed by atoms with E-state index in [9.17, 15) is 24.9 Å². The van der Waals surface area contributed by atoms with Crippen LogP contribution in [0.15, 0.2) is 65.6 Å². The van der Waals surface area contributed by atoms with Crippen molar-refractivity contribution in [3.8, 4) is 11.5 Å². The van der Waals surface area contributed by atoms with Crippen molar-refractivity contribution >= 4 is 47.0 Å². The number of aliphatic carboxylic acids is 1. The number of phenols is 2. The van der Waals surface area contributed by atoms with Crippen molar-refractivity contribution in [3.05, 3.63) is 87.4 Å². The first kappa shape index (κ1) is 31.5. The van der Waals surface area contributed by atoms with Gasteiger partial charge in [0.15, 0.2) is 11.5 Å². The number of carbonyl (C=O) groups is 2. The molecule has 43 heavy (non-hydrogen) atoms. The molecule has 4 atom stereocenters. The predicted molar refractivity (Wildman–Crippen MR) is 170 cm³/mol. The molecule has 0 saturated carbocycles. The van der Waals surface area contributed by atoms with Gasteiger partial charge in [-0.3, -0.25) is 9.59 Å². The van der Waals surface area contributed by atoms with Gasteiger partial charge in [-0.05, 0) is 92.6 Å². The third-order valence-corrected chi connectivity index (χ3v) is 10.9. The molecular formula is C33H36Cl2N2O5S. The van der Waals surface area contributed by atoms with Crippen LogP contribution in [0.3, 0.4) is 0 Å². The highest BCUT2D eigenvalue weighted by Gasteiger charge is 2.52. The standard InChI is InChI=1S/C33H36Cl2N2O5S/c1-19(14-15-36-32(2,3)25-12-13-26(38)29(41)30(25)43-36)37-28(20-8-10-22(34)11-9-20)24(21-6-5-7-23(35)16-21)17-33(4,31(37)42)18-27(39)40/h5-13,16,19,24,28,38,41H,14-15,17-18H2,1-4H3,(H,39,40)/t19-,24+,28+,33+/m0/s1. The van der Waals surface area contributed by atoms with Gasteiger partial charge in [-0.2, -0.15) is 0 Å². The highest BCUT2D eigenvalue weighted by atomic mass is 35.5. The zero-order chi connectivity index (χ0) is 31.3. The molecule has 7 nitrogen and oxygen atoms in total. The quantitative estimate of drug-likeness (QED) is 0.169. The first-order chi connectivity index (χ1) is 20.2. The Hall–Kier alpha value is -2.91. The summed E-state index contributed by atoms with van der Waals surface area (Å²) in [5.74, 6) is -1.72. The number of likely N-dealkylation sites (tertiary alicyclic amines) is 1. The summed E-state index contributed by atoms with van der Waals surface area (Å²) in [4.78, 5) is 29.0. The first-order valence-corrected chi connectivity index (χ1v) is 15.8. The van der Waals surface area contributed by atoms with E-state index in [-0.39, 0.29) is 41.8 Å². The fourth-order valence-electron chi connectivity index (χ4n) is 6.62. The summed E-state index contributed by atoms with van der Waals surface area (Å²) < 4.78 is 2.16. The molecule has 0 aromatic heterocycles. The Balaban J connectivity index is 1.52. The maximum Gasteiger partial charge on any atom is 0.304 e. The average Bonchev–Trinajstić information content (AvgIpc) is 3.20. The van der Waals surface area contributed by atoms with Crippen molar-refractivity contribution in [1.29, 1.82) is 0 Å². The molecule has 3 N–H and O–H groups in total. The number of hydrogen-bond donors (Lipinski definition) is 3. The molecule has 1 amide bonds. The van der Waals surface area contributed by atoms with E-state index < -0.39 is 16.9 Å². The average molecular weight is 644 g/mol. The molecule has 2 aliphatic heterocycles. The number of fused-ring (bicyclic) bond motifs is 1. The van der Waals surface area contributed by atoms with Crippen LogP contribution in [0.4, 0.5) is 0 Å². The topological polar surface area (TPSA) is 101 Å². The Morgan fingerprint density at radius 3 is 2.37 bits per heavy atom. The number of hydrogen-bond acceptors (Lipinski definition) is 6. The van der Waals surface area contributed by atoms with Crippen LogP contribution in [0.5, 0.6) is 11.5 Å². The number of phenolic OH excluding ortho intramolecular Hbond substituents is 2. The molecule has 1 saturated heterocycles. The van der Waals surface area contributed by atoms with Crippen LogP contribution >= 0.6 is 35.1 Å². The molecule has 0 bridgehead atoms. The second-order valence-corrected chi connectivity index (χ2v) is 14.3. The van der Waals surface area contributed by atoms with Crippen molar-refractivity contribution in [2.24, 2.45) is 5.41 Å². The lowest BCUT2D eigenvalue weighted by atomic mass is 9.67. The lowest BCUT2D eigenvalue weighted by Crippen LogP contribution is -2.56. The number of aromatic hydroxyl groups is 2. The minimum absolute atomic E-state index is 0.131. The van der Waals surface area contributed by atoms with E-state index in [0.717, 1.165) is 16.7 Å². The van der Waals surface area contributed by atoms with Gasteiger partial charge in [-0.25, -0.2) is 4.31 Å². The third-order valence-electron chi connectivity index (χ3n) is 8.95. The van der Waals surface area contributed by atoms with Crippen LogP contribution in [0.25, 0.3) is 0 Å². The first-order valence-electron chi connectivity index (χ1n) is 14.3. The number of rotatable bonds is 8. The van der Waals surface area contributed by atoms with Crippen LogP contribution < -0.4 is 0 Å². The number of benzene rings is 3. The smallest absolute Gasteiger partial charge is 0.304 e. The second kappa shape index (κ2) is 11.9. The molecule has 2 aliphatic rings. The highest BCUT2D eigenvalue weighted by Crippen LogP contribution is 2.55. The molecule has 1 fully saturated rings. The van der Waals surface area contributed by atoms with Gasteiger partial charge in [0.05, 0.1) is 28.3 Å². The Labute approximate surface area is 266 Å². The molecular weight excluding hydrogens is 607 g/mol. The Kier molecular flexibility index (Phi) is 8.71. The fraction of sp³-hybridized carbons (Fsp3) is 0.394. The normalized spacial score (nSPS) is 24.1. The van der Waals surface area contributed by atoms with E-state index in [1.54, 1.807) is 13.0 Å². The van der Waals surface area contributed by atoms with E-state index in [1.807, 2.05) is 60.4 Å². The van der Waals surface area contributed by atoms with Crippen LogP contribution in [0.1, 0.15) is 75.6 Å². The summed E-state index contributed by atoms with van der Waals surface area (Å²) in [6, 6.07) is 17.8. The van der Waals surface area contributed by atoms with Gasteiger partial charge in [0.1, 0.15) is 0 Å². The van der Waals surface area contributed by atoms with Gasteiger partial charge in [0, 0.05) is 28.5 Å². The van der Waals surface area contributed by atoms with Gasteiger partial charge in [-0.1, -0.05) is 60.5 Å². The van der Waals surface area contributed by atoms with Crippen LogP contribution in [-0.2, 0) is 15.1 Å². The lowest BCUT2D eigenvalue weighted by Gasteiger charge is -2.51. The van der Waals surface area contributed by atoms with Crippen LogP contribution in [0.2, 0.25) is 10.0 Å². The van der Waals surface area contributed by atoms with E-state index in [1.165, 1.54) is 18.0 Å². The molecule has 0 spiro atoms. The van der Waals surface area contributed by atoms with Crippen LogP contribution in [0, 0.1) is 5.41 Å². The molecule has 2 heterocycles. The molecule has 10 heteroatoms. The number of carbonyl (C=O) groups excluding carboxylic acids is 1. The summed E-state index contributed by atoms with van der Waals surface area (Å²) in [5.41, 5.74) is 1.21. The Morgan fingerprint density at radius 1 is 1.02 bits per heavy atom. The molecule has 228 valence electrons. The second-order valence-electron chi connectivity index (χ2n) is 12.4. The van der Waals surface area contributed by atoms with Crippen molar-refractivity contribution in [1.82, 2.24) is 9.21 Å². The Morgan fingerprint density at radius 2 is 1.72 bits per heavy atom. The number of halogens is 2. The monoisotopic (exact) mass is 642 g/mol. The van der Waals surface area contributed by atoms with E-state index >= 15 is 0 Å². The van der Waals surface area contributed by atoms with Gasteiger partial charge in [-0.15, -0.1) is 0 Å². The lowest BCUT2D eigenvalue weighted by molar-refractivity contribution is -0.160. The van der Waals surface area contributed by atoms with Crippen molar-refractivity contribution in [3.63, 3.8) is 0 Å². The summed E-state index contributed by atoms with van der Waals surface area (Å²) in [6.07, 6.45) is 0.646. The van der Waals surface area contributed by atoms with E-state index in [0.29, 0.717) is 34.3 Å². The van der Waals surface area contributed by atoms with Gasteiger partial charge < -0.3 is 20.2 Å². The number of piperidine rings is 1. The van der Waals surface area contributed by atoms with Crippen molar-refractivity contribution < 1.29 is 24.9 Å². The molecule has 5 rings (SSSR count). The number of carboxylic acids is 1. The van der Waals surface area contributed by atoms with Gasteiger partial charge in [0.2, 0.25) is 5.91 Å². The van der Waals surface area contributed by atoms with Gasteiger partial charge in [0.25, 0.3) is 0 Å².